The fourth-order valence-corrected chi connectivity index (χ4v) is 4.66. The topological polar surface area (TPSA) is 27.1 Å². The first-order valence-electron chi connectivity index (χ1n) is 8.43. The maximum Gasteiger partial charge on any atom is 0.167 e. The van der Waals surface area contributed by atoms with Crippen LogP contribution in [0.15, 0.2) is 21.3 Å². The summed E-state index contributed by atoms with van der Waals surface area (Å²) in [4.78, 5) is 4.70. The summed E-state index contributed by atoms with van der Waals surface area (Å²) in [5, 5.41) is 0.291. The van der Waals surface area contributed by atoms with E-state index in [1.54, 1.807) is 0 Å². The molecule has 0 aliphatic rings. The molecule has 2 rings (SSSR count). The minimum Gasteiger partial charge on any atom is -0.416 e. The van der Waals surface area contributed by atoms with Gasteiger partial charge >= 0.3 is 0 Å². The first-order chi connectivity index (χ1) is 11.0. The molecule has 0 spiro atoms. The second kappa shape index (κ2) is 7.21. The maximum absolute atomic E-state index is 6.49. The van der Waals surface area contributed by atoms with Crippen molar-refractivity contribution < 1.29 is 4.43 Å². The molecule has 0 saturated heterocycles. The average molecular weight is 476 g/mol. The molecule has 0 amide bonds. The molecule has 0 aromatic carbocycles. The Balaban J connectivity index is 2.47. The Labute approximate surface area is 164 Å². The highest BCUT2D eigenvalue weighted by Crippen LogP contribution is 2.37. The molecule has 2 aromatic heterocycles. The van der Waals surface area contributed by atoms with E-state index >= 15 is 0 Å². The van der Waals surface area contributed by atoms with Crippen molar-refractivity contribution in [2.24, 2.45) is 0 Å². The normalized spacial score (nSPS) is 14.9. The highest BCUT2D eigenvalue weighted by atomic mass is 79.9. The molecule has 24 heavy (non-hydrogen) atoms. The zero-order chi connectivity index (χ0) is 18.3. The summed E-state index contributed by atoms with van der Waals surface area (Å²) in [6, 6.07) is 2.43. The minimum atomic E-state index is -0.616. The zero-order valence-corrected chi connectivity index (χ0v) is 20.3. The van der Waals surface area contributed by atoms with Gasteiger partial charge in [0.15, 0.2) is 9.76 Å². The fraction of sp³-hybridized carbons (Fsp3) is 0.611. The van der Waals surface area contributed by atoms with Gasteiger partial charge in [0.25, 0.3) is 0 Å². The average Bonchev–Trinajstić information content (AvgIpc) is 2.74. The standard InChI is InChI=1S/C18H28Br2N2OSi/c1-8-14(18(6,7)23-24-17(3,4)5)22-10-11(2)15-13(22)9-12(19)16(20)21-15/h9-10,14H,8,24H2,1-7H3/t14-/m0/s1. The molecule has 6 heteroatoms. The molecule has 2 heterocycles. The van der Waals surface area contributed by atoms with E-state index in [0.717, 1.165) is 26.5 Å². The van der Waals surface area contributed by atoms with E-state index in [0.29, 0.717) is 5.04 Å². The van der Waals surface area contributed by atoms with Gasteiger partial charge in [0.1, 0.15) is 4.60 Å². The van der Waals surface area contributed by atoms with Gasteiger partial charge in [0, 0.05) is 6.20 Å². The Kier molecular flexibility index (Phi) is 6.05. The highest BCUT2D eigenvalue weighted by Gasteiger charge is 2.33. The Bertz CT molecular complexity index is 735. The van der Waals surface area contributed by atoms with Gasteiger partial charge in [-0.2, -0.15) is 0 Å². The Hall–Kier alpha value is -0.173. The van der Waals surface area contributed by atoms with E-state index in [2.05, 4.69) is 97.2 Å². The van der Waals surface area contributed by atoms with Crippen molar-refractivity contribution in [1.29, 1.82) is 0 Å². The van der Waals surface area contributed by atoms with E-state index in [1.165, 1.54) is 5.56 Å². The molecule has 0 aliphatic carbocycles. The number of hydrogen-bond acceptors (Lipinski definition) is 2. The Morgan fingerprint density at radius 3 is 2.42 bits per heavy atom. The van der Waals surface area contributed by atoms with Crippen LogP contribution in [-0.4, -0.2) is 24.9 Å². The number of aromatic nitrogens is 2. The van der Waals surface area contributed by atoms with Gasteiger partial charge in [-0.15, -0.1) is 0 Å². The van der Waals surface area contributed by atoms with E-state index in [4.69, 9.17) is 9.41 Å². The van der Waals surface area contributed by atoms with Crippen molar-refractivity contribution in [3.8, 4) is 0 Å². The molecule has 0 bridgehead atoms. The second-order valence-corrected chi connectivity index (χ2v) is 12.5. The lowest BCUT2D eigenvalue weighted by molar-refractivity contribution is 0.0489. The number of halogens is 2. The summed E-state index contributed by atoms with van der Waals surface area (Å²) in [6.45, 7) is 15.6. The Morgan fingerprint density at radius 2 is 1.88 bits per heavy atom. The first-order valence-corrected chi connectivity index (χ1v) is 11.3. The van der Waals surface area contributed by atoms with Crippen LogP contribution in [0.4, 0.5) is 0 Å². The largest absolute Gasteiger partial charge is 0.416 e. The van der Waals surface area contributed by atoms with Crippen molar-refractivity contribution >= 4 is 52.7 Å². The molecule has 0 saturated carbocycles. The van der Waals surface area contributed by atoms with Gasteiger partial charge in [-0.25, -0.2) is 4.98 Å². The molecular weight excluding hydrogens is 448 g/mol. The molecule has 0 fully saturated rings. The minimum absolute atomic E-state index is 0.202. The lowest BCUT2D eigenvalue weighted by atomic mass is 9.96. The van der Waals surface area contributed by atoms with Crippen LogP contribution in [0.5, 0.6) is 0 Å². The van der Waals surface area contributed by atoms with Crippen molar-refractivity contribution in [2.75, 3.05) is 0 Å². The molecule has 134 valence electrons. The maximum atomic E-state index is 6.49. The third-order valence-electron chi connectivity index (χ3n) is 4.30. The van der Waals surface area contributed by atoms with Gasteiger partial charge in [0.05, 0.1) is 27.1 Å². The van der Waals surface area contributed by atoms with Crippen molar-refractivity contribution in [3.63, 3.8) is 0 Å². The molecule has 3 nitrogen and oxygen atoms in total. The second-order valence-electron chi connectivity index (χ2n) is 8.22. The van der Waals surface area contributed by atoms with Gasteiger partial charge in [0.2, 0.25) is 0 Å². The predicted molar refractivity (Wildman–Crippen MR) is 113 cm³/mol. The molecule has 0 aliphatic heterocycles. The van der Waals surface area contributed by atoms with Crippen molar-refractivity contribution in [3.05, 3.63) is 26.9 Å². The van der Waals surface area contributed by atoms with Gasteiger partial charge in [-0.3, -0.25) is 0 Å². The number of aryl methyl sites for hydroxylation is 1. The smallest absolute Gasteiger partial charge is 0.167 e. The van der Waals surface area contributed by atoms with Crippen LogP contribution >= 0.6 is 31.9 Å². The third-order valence-corrected chi connectivity index (χ3v) is 7.80. The van der Waals surface area contributed by atoms with Crippen LogP contribution in [0.1, 0.15) is 59.6 Å². The molecule has 2 aromatic rings. The van der Waals surface area contributed by atoms with Gasteiger partial charge < -0.3 is 8.99 Å². The summed E-state index contributed by atoms with van der Waals surface area (Å²) in [6.07, 6.45) is 3.23. The molecule has 0 unspecified atom stereocenters. The summed E-state index contributed by atoms with van der Waals surface area (Å²) >= 11 is 7.10. The molecular formula is C18H28Br2N2OSi. The third kappa shape index (κ3) is 4.32. The SMILES string of the molecule is CC[C@H](n1cc(C)c2nc(Br)c(Br)cc21)C(C)(C)O[SiH2]C(C)(C)C. The fourth-order valence-electron chi connectivity index (χ4n) is 3.06. The lowest BCUT2D eigenvalue weighted by Gasteiger charge is -2.38. The van der Waals surface area contributed by atoms with E-state index in [-0.39, 0.29) is 11.6 Å². The molecule has 1 atom stereocenters. The number of nitrogens with zero attached hydrogens (tertiary/aromatic N) is 2. The van der Waals surface area contributed by atoms with Crippen LogP contribution in [0.25, 0.3) is 11.0 Å². The summed E-state index contributed by atoms with van der Waals surface area (Å²) < 4.78 is 10.7. The highest BCUT2D eigenvalue weighted by molar-refractivity contribution is 9.13. The van der Waals surface area contributed by atoms with Crippen LogP contribution in [0, 0.1) is 6.92 Å². The van der Waals surface area contributed by atoms with Crippen LogP contribution in [0.2, 0.25) is 5.04 Å². The summed E-state index contributed by atoms with van der Waals surface area (Å²) in [7, 11) is -0.616. The number of pyridine rings is 1. The molecule has 0 N–H and O–H groups in total. The van der Waals surface area contributed by atoms with E-state index in [9.17, 15) is 0 Å². The number of rotatable bonds is 5. The predicted octanol–water partition coefficient (Wildman–Crippen LogP) is 5.92. The van der Waals surface area contributed by atoms with Crippen molar-refractivity contribution in [2.45, 2.75) is 71.6 Å². The van der Waals surface area contributed by atoms with Crippen LogP contribution < -0.4 is 0 Å². The Morgan fingerprint density at radius 1 is 1.25 bits per heavy atom. The lowest BCUT2D eigenvalue weighted by Crippen LogP contribution is -2.38. The van der Waals surface area contributed by atoms with Gasteiger partial charge in [-0.05, 0) is 75.7 Å². The summed E-state index contributed by atoms with van der Waals surface area (Å²) in [5.74, 6) is 0. The number of hydrogen-bond donors (Lipinski definition) is 0. The van der Waals surface area contributed by atoms with Crippen molar-refractivity contribution in [1.82, 2.24) is 9.55 Å². The van der Waals surface area contributed by atoms with Crippen LogP contribution in [-0.2, 0) is 4.43 Å². The summed E-state index contributed by atoms with van der Waals surface area (Å²) in [5.41, 5.74) is 3.20. The van der Waals surface area contributed by atoms with Gasteiger partial charge in [-0.1, -0.05) is 27.7 Å². The molecule has 0 radical (unpaired) electrons. The quantitative estimate of drug-likeness (QED) is 0.396. The number of fused-ring (bicyclic) bond motifs is 1. The zero-order valence-electron chi connectivity index (χ0n) is 15.7. The monoisotopic (exact) mass is 474 g/mol. The van der Waals surface area contributed by atoms with Crippen LogP contribution in [0.3, 0.4) is 0 Å². The van der Waals surface area contributed by atoms with E-state index in [1.807, 2.05) is 0 Å². The van der Waals surface area contributed by atoms with E-state index < -0.39 is 9.76 Å². The first kappa shape index (κ1) is 20.1.